The zero-order chi connectivity index (χ0) is 82.7. The number of nitrogens with one attached hydrogen (secondary N) is 2. The molecule has 20 nitrogen and oxygen atoms in total. The second-order valence-electron chi connectivity index (χ2n) is 30.7. The van der Waals surface area contributed by atoms with Gasteiger partial charge < -0.3 is 57.6 Å². The molecule has 0 bridgehead atoms. The van der Waals surface area contributed by atoms with Gasteiger partial charge in [-0.2, -0.15) is 0 Å². The average molecular weight is 1730 g/mol. The van der Waals surface area contributed by atoms with Crippen LogP contribution in [0.3, 0.4) is 0 Å². The van der Waals surface area contributed by atoms with Gasteiger partial charge in [0.1, 0.15) is 55.2 Å². The summed E-state index contributed by atoms with van der Waals surface area (Å²) in [7, 11) is -5.12. The number of hydrogen-bond donors (Lipinski definition) is 2. The molecule has 2 aromatic carbocycles. The summed E-state index contributed by atoms with van der Waals surface area (Å²) in [6.45, 7) is 9.86. The zero-order valence-electron chi connectivity index (χ0n) is 69.1. The van der Waals surface area contributed by atoms with E-state index in [0.717, 1.165) is 116 Å². The lowest BCUT2D eigenvalue weighted by molar-refractivity contribution is -0.271. The van der Waals surface area contributed by atoms with Crippen LogP contribution in [0.5, 0.6) is 11.5 Å². The summed E-state index contributed by atoms with van der Waals surface area (Å²) in [4.78, 5) is 84.3. The highest BCUT2D eigenvalue weighted by molar-refractivity contribution is 7.49. The van der Waals surface area contributed by atoms with Gasteiger partial charge >= 0.3 is 38.0 Å². The minimum Gasteiger partial charge on any atom is -0.462 e. The molecular formula is C86H141Cl6N2O18P. The van der Waals surface area contributed by atoms with Crippen LogP contribution in [0.1, 0.15) is 350 Å². The lowest BCUT2D eigenvalue weighted by atomic mass is 9.96. The average Bonchev–Trinajstić information content (AvgIpc) is 0.771. The second kappa shape index (κ2) is 63.4. The van der Waals surface area contributed by atoms with Crippen molar-refractivity contribution in [3.63, 3.8) is 0 Å². The van der Waals surface area contributed by atoms with Crippen molar-refractivity contribution < 1.29 is 84.8 Å². The van der Waals surface area contributed by atoms with Gasteiger partial charge in [-0.05, 0) is 89.5 Å². The Morgan fingerprint density at radius 1 is 0.478 bits per heavy atom. The van der Waals surface area contributed by atoms with Crippen molar-refractivity contribution in [1.82, 2.24) is 10.6 Å². The molecule has 1 fully saturated rings. The Labute approximate surface area is 708 Å². The van der Waals surface area contributed by atoms with Crippen LogP contribution in [0.4, 0.5) is 9.59 Å². The summed E-state index contributed by atoms with van der Waals surface area (Å²) in [5.41, 5.74) is -1.79. The fraction of sp³-hybridized carbons (Fsp3) is 0.791. The monoisotopic (exact) mass is 1730 g/mol. The Bertz CT molecular complexity index is 2800. The highest BCUT2D eigenvalue weighted by Crippen LogP contribution is 2.53. The smallest absolute Gasteiger partial charge is 0.462 e. The number of alkyl halides is 6. The number of amides is 2. The number of hydrogen-bond acceptors (Lipinski definition) is 18. The first-order chi connectivity index (χ1) is 54.3. The number of ether oxygens (including phenoxy) is 8. The van der Waals surface area contributed by atoms with E-state index in [1.54, 1.807) is 36.4 Å². The molecule has 1 aliphatic heterocycles. The van der Waals surface area contributed by atoms with Crippen molar-refractivity contribution in [2.45, 2.75) is 406 Å². The number of unbranched alkanes of at least 4 members (excludes halogenated alkanes) is 37. The first-order valence-corrected chi connectivity index (χ1v) is 46.9. The van der Waals surface area contributed by atoms with Gasteiger partial charge in [-0.25, -0.2) is 14.2 Å². The molecule has 1 heterocycles. The molecule has 0 radical (unpaired) electrons. The minimum absolute atomic E-state index is 0.00129. The molecule has 1 saturated heterocycles. The molecule has 2 aromatic rings. The minimum atomic E-state index is -5.12. The molecule has 2 amide bonds. The zero-order valence-corrected chi connectivity index (χ0v) is 74.6. The van der Waals surface area contributed by atoms with Crippen molar-refractivity contribution in [3.05, 3.63) is 60.7 Å². The Kier molecular flexibility index (Phi) is 58.0. The van der Waals surface area contributed by atoms with E-state index in [2.05, 4.69) is 38.3 Å². The van der Waals surface area contributed by atoms with Crippen LogP contribution in [-0.2, 0) is 66.2 Å². The van der Waals surface area contributed by atoms with E-state index in [9.17, 15) is 24.0 Å². The van der Waals surface area contributed by atoms with E-state index >= 15 is 9.36 Å². The van der Waals surface area contributed by atoms with Crippen molar-refractivity contribution in [3.8, 4) is 11.5 Å². The molecule has 650 valence electrons. The number of alkyl carbamates (subject to hydrolysis) is 1. The summed E-state index contributed by atoms with van der Waals surface area (Å²) < 4.78 is 78.8. The normalized spacial score (nSPS) is 16.5. The molecule has 113 heavy (non-hydrogen) atoms. The van der Waals surface area contributed by atoms with Gasteiger partial charge in [-0.15, -0.1) is 0 Å². The molecule has 7 unspecified atom stereocenters. The van der Waals surface area contributed by atoms with E-state index in [1.807, 2.05) is 0 Å². The Morgan fingerprint density at radius 3 is 1.28 bits per heavy atom. The van der Waals surface area contributed by atoms with Crippen LogP contribution in [0.2, 0.25) is 0 Å². The van der Waals surface area contributed by atoms with E-state index in [-0.39, 0.29) is 55.8 Å². The molecule has 0 spiro atoms. The van der Waals surface area contributed by atoms with Gasteiger partial charge in [-0.3, -0.25) is 23.7 Å². The summed E-state index contributed by atoms with van der Waals surface area (Å²) >= 11 is 37.1. The van der Waals surface area contributed by atoms with Gasteiger partial charge in [0.25, 0.3) is 0 Å². The maximum atomic E-state index is 15.7. The standard InChI is InChI=1S/C86H141Cl6N2O18P/c1-7-11-15-19-23-27-29-33-37-41-51-61-75(96)105-71(59-45-39-35-31-25-21-17-13-9-3)65-74(95)93-63-53-54-64-102-81-78(94-82(99)104-68-85(87,88)89)80(108-77(98)66-72(60-46-40-36-32-26-22-18-14-10-4)106-76(97)62-52-42-38-34-30-28-24-20-16-12-8-2)79(73(107-81)67-103-83(100)109-84(5,6)86(90,91)92)112-113(101,110-69-55-47-43-48-56-69)111-70-57-49-44-50-58-70/h43-44,47-50,55-58,71-73,78-81H,7-42,45-46,51-54,59-68H2,1-6H3,(H,93,95)(H,94,99). The molecule has 2 N–H and O–H groups in total. The molecule has 0 aromatic heterocycles. The molecule has 27 heteroatoms. The van der Waals surface area contributed by atoms with Gasteiger partial charge in [0.05, 0.1) is 12.8 Å². The largest absolute Gasteiger partial charge is 0.588 e. The lowest BCUT2D eigenvalue weighted by Crippen LogP contribution is -2.66. The molecule has 0 saturated carbocycles. The summed E-state index contributed by atoms with van der Waals surface area (Å²) in [6, 6.07) is 14.1. The second-order valence-corrected chi connectivity index (χ2v) is 37.0. The third-order valence-electron chi connectivity index (χ3n) is 19.9. The maximum absolute atomic E-state index is 15.7. The van der Waals surface area contributed by atoms with Gasteiger partial charge in [-0.1, -0.05) is 365 Å². The van der Waals surface area contributed by atoms with E-state index in [0.29, 0.717) is 38.5 Å². The first kappa shape index (κ1) is 103. The topological polar surface area (TPSA) is 245 Å². The predicted octanol–water partition coefficient (Wildman–Crippen LogP) is 25.8. The SMILES string of the molecule is CCCCCCCCCCCCCC(=O)OC(CCCCCCCCCCC)CC(=O)NCCCCOC1OC(COC(=O)OC(C)(C)C(Cl)(Cl)Cl)C(OP(=O)(Oc2ccccc2)Oc2ccccc2)C(OC(=O)CC(CCCCCCCCCCC)OC(=O)CCCCCCCCCCCCC)C1NC(=O)OCC(Cl)(Cl)Cl. The van der Waals surface area contributed by atoms with Crippen LogP contribution in [0.15, 0.2) is 60.7 Å². The van der Waals surface area contributed by atoms with Gasteiger partial charge in [0.15, 0.2) is 18.0 Å². The molecule has 7 atom stereocenters. The van der Waals surface area contributed by atoms with Gasteiger partial charge in [0.2, 0.25) is 13.5 Å². The number of esters is 3. The molecule has 1 aliphatic rings. The van der Waals surface area contributed by atoms with Crippen LogP contribution < -0.4 is 19.7 Å². The maximum Gasteiger partial charge on any atom is 0.588 e. The first-order valence-electron chi connectivity index (χ1n) is 43.1. The highest BCUT2D eigenvalue weighted by atomic mass is 35.6. The predicted molar refractivity (Wildman–Crippen MR) is 454 cm³/mol. The van der Waals surface area contributed by atoms with Crippen molar-refractivity contribution in [1.29, 1.82) is 0 Å². The Hall–Kier alpha value is -3.69. The Balaban J connectivity index is 2.06. The number of carbonyl (C=O) groups excluding carboxylic acids is 6. The number of phosphoric acid groups is 1. The summed E-state index contributed by atoms with van der Waals surface area (Å²) in [5.74, 6) is -2.06. The van der Waals surface area contributed by atoms with Crippen LogP contribution >= 0.6 is 77.4 Å². The quantitative estimate of drug-likeness (QED) is 0.0205. The van der Waals surface area contributed by atoms with E-state index in [4.69, 9.17) is 121 Å². The van der Waals surface area contributed by atoms with E-state index < -0.39 is 108 Å². The van der Waals surface area contributed by atoms with E-state index in [1.165, 1.54) is 167 Å². The molecule has 3 rings (SSSR count). The number of rotatable bonds is 68. The third-order valence-corrected chi connectivity index (χ3v) is 23.0. The fourth-order valence-electron chi connectivity index (χ4n) is 13.2. The van der Waals surface area contributed by atoms with Crippen LogP contribution in [0.25, 0.3) is 0 Å². The van der Waals surface area contributed by atoms with Crippen molar-refractivity contribution in [2.24, 2.45) is 0 Å². The van der Waals surface area contributed by atoms with Crippen LogP contribution in [-0.4, -0.2) is 118 Å². The molecular weight excluding hydrogens is 1590 g/mol. The Morgan fingerprint density at radius 2 is 0.876 bits per heavy atom. The number of para-hydroxylation sites is 2. The summed E-state index contributed by atoms with van der Waals surface area (Å²) in [6.07, 6.45) is 33.7. The van der Waals surface area contributed by atoms with Crippen LogP contribution in [0, 0.1) is 0 Å². The fourth-order valence-corrected chi connectivity index (χ4v) is 15.0. The van der Waals surface area contributed by atoms with Crippen molar-refractivity contribution in [2.75, 3.05) is 26.4 Å². The third kappa shape index (κ3) is 52.1. The van der Waals surface area contributed by atoms with Gasteiger partial charge in [0, 0.05) is 26.0 Å². The number of halogens is 6. The number of carbonyl (C=O) groups is 6. The summed E-state index contributed by atoms with van der Waals surface area (Å²) in [5, 5.41) is 5.63. The number of phosphoric ester groups is 1. The number of benzene rings is 2. The lowest BCUT2D eigenvalue weighted by Gasteiger charge is -2.45. The highest BCUT2D eigenvalue weighted by Gasteiger charge is 2.55. The molecule has 0 aliphatic carbocycles. The van der Waals surface area contributed by atoms with Crippen molar-refractivity contribution >= 4 is 113 Å².